The third-order valence-electron chi connectivity index (χ3n) is 16.3. The van der Waals surface area contributed by atoms with Crippen molar-refractivity contribution in [1.82, 2.24) is 5.32 Å². The number of benzene rings is 1. The Morgan fingerprint density at radius 2 is 1.62 bits per heavy atom. The number of carbonyl (C=O) groups is 3. The van der Waals surface area contributed by atoms with Crippen LogP contribution in [-0.4, -0.2) is 53.2 Å². The van der Waals surface area contributed by atoms with Crippen molar-refractivity contribution in [2.75, 3.05) is 13.1 Å². The molecule has 5 aliphatic rings. The van der Waals surface area contributed by atoms with E-state index in [1.54, 1.807) is 13.8 Å². The molecule has 0 aliphatic heterocycles. The molecule has 4 saturated carbocycles. The second-order valence-corrected chi connectivity index (χ2v) is 20.0. The number of allylic oxidation sites excluding steroid dienone is 1. The third kappa shape index (κ3) is 6.12. The first kappa shape index (κ1) is 39.2. The Labute approximate surface area is 313 Å². The molecule has 1 aromatic rings. The normalized spacial score (nSPS) is 37.5. The Hall–Kier alpha value is -2.51. The number of Topliss-reactive ketones (excluding diaryl/α,β-unsaturated/α-hetero) is 1. The molecule has 0 saturated heterocycles. The van der Waals surface area contributed by atoms with E-state index >= 15 is 0 Å². The molecule has 9 atom stereocenters. The molecule has 5 aliphatic carbocycles. The number of fused-ring (bicyclic) bond motifs is 7. The van der Waals surface area contributed by atoms with Crippen LogP contribution in [-0.2, 0) is 25.5 Å². The van der Waals surface area contributed by atoms with Crippen molar-refractivity contribution < 1.29 is 29.3 Å². The maximum absolute atomic E-state index is 14.0. The number of aliphatic carboxylic acids is 1. The smallest absolute Gasteiger partial charge is 0.309 e. The van der Waals surface area contributed by atoms with Crippen LogP contribution in [0, 0.1) is 56.2 Å². The summed E-state index contributed by atoms with van der Waals surface area (Å²) in [7, 11) is 0. The van der Waals surface area contributed by atoms with Crippen LogP contribution in [0.4, 0.5) is 0 Å². The minimum atomic E-state index is -1.16. The highest BCUT2D eigenvalue weighted by atomic mass is 16.5. The van der Waals surface area contributed by atoms with E-state index in [9.17, 15) is 24.6 Å². The molecule has 0 amide bonds. The van der Waals surface area contributed by atoms with Crippen LogP contribution < -0.4 is 5.32 Å². The molecule has 3 unspecified atom stereocenters. The van der Waals surface area contributed by atoms with Gasteiger partial charge in [0.1, 0.15) is 6.10 Å². The standard InChI is InChI=1S/C45H67NO6/c1-28(2)37-31(47)25-45(34(48)27-46-24-19-29-13-11-10-12-14-29)23-22-43(8)30(38(37)45)15-16-33-42(7)20-18-35(52-36(49)26-40(3,4)39(50)51)41(5,6)32(42)17-21-44(33,43)9/h10-14,28,30,32-35,46,48H,15-27H2,1-9H3,(H,50,51)/t30?,32?,33-,34+,35+,42+,43-,44?,45+/m1/s1. The molecule has 0 aromatic heterocycles. The van der Waals surface area contributed by atoms with Gasteiger partial charge in [-0.25, -0.2) is 0 Å². The zero-order valence-corrected chi connectivity index (χ0v) is 33.6. The average Bonchev–Trinajstić information content (AvgIpc) is 3.38. The number of hydrogen-bond acceptors (Lipinski definition) is 6. The lowest BCUT2D eigenvalue weighted by atomic mass is 9.33. The molecular formula is C45H67NO6. The molecule has 0 radical (unpaired) electrons. The maximum Gasteiger partial charge on any atom is 0.309 e. The summed E-state index contributed by atoms with van der Waals surface area (Å²) in [6.07, 6.45) is 8.28. The first-order chi connectivity index (χ1) is 24.2. The molecule has 1 aromatic carbocycles. The predicted octanol–water partition coefficient (Wildman–Crippen LogP) is 8.57. The number of aliphatic hydroxyl groups is 1. The topological polar surface area (TPSA) is 113 Å². The molecule has 52 heavy (non-hydrogen) atoms. The van der Waals surface area contributed by atoms with Crippen LogP contribution >= 0.6 is 0 Å². The van der Waals surface area contributed by atoms with Crippen molar-refractivity contribution in [1.29, 1.82) is 0 Å². The highest BCUT2D eigenvalue weighted by molar-refractivity contribution is 6.00. The van der Waals surface area contributed by atoms with Crippen LogP contribution in [0.3, 0.4) is 0 Å². The van der Waals surface area contributed by atoms with Gasteiger partial charge in [0, 0.05) is 23.8 Å². The van der Waals surface area contributed by atoms with Crippen LogP contribution in [0.15, 0.2) is 41.5 Å². The SMILES string of the molecule is CC(C)C1=C2C3CC[C@H]4C(C)(CCC5C(C)(C)[C@@H](OC(=O)CC(C)(C)C(=O)O)CC[C@@]54C)[C@]3(C)CC[C@@]2([C@@H](O)CNCCc2ccccc2)CC1=O. The second-order valence-electron chi connectivity index (χ2n) is 20.0. The van der Waals surface area contributed by atoms with Gasteiger partial charge >= 0.3 is 11.9 Å². The Bertz CT molecular complexity index is 1580. The van der Waals surface area contributed by atoms with Gasteiger partial charge in [0.25, 0.3) is 0 Å². The van der Waals surface area contributed by atoms with E-state index < -0.39 is 28.9 Å². The van der Waals surface area contributed by atoms with Gasteiger partial charge in [-0.15, -0.1) is 0 Å². The van der Waals surface area contributed by atoms with E-state index in [-0.39, 0.29) is 51.8 Å². The van der Waals surface area contributed by atoms with Crippen LogP contribution in [0.2, 0.25) is 0 Å². The lowest BCUT2D eigenvalue weighted by molar-refractivity contribution is -0.235. The molecule has 0 bridgehead atoms. The van der Waals surface area contributed by atoms with Crippen molar-refractivity contribution in [3.63, 3.8) is 0 Å². The van der Waals surface area contributed by atoms with Crippen molar-refractivity contribution in [2.24, 2.45) is 56.2 Å². The number of hydrogen-bond donors (Lipinski definition) is 3. The average molecular weight is 718 g/mol. The number of carboxylic acid groups (broad SMARTS) is 1. The predicted molar refractivity (Wildman–Crippen MR) is 204 cm³/mol. The van der Waals surface area contributed by atoms with Crippen LogP contribution in [0.5, 0.6) is 0 Å². The van der Waals surface area contributed by atoms with Gasteiger partial charge < -0.3 is 20.3 Å². The molecule has 4 fully saturated rings. The van der Waals surface area contributed by atoms with Gasteiger partial charge in [0.05, 0.1) is 17.9 Å². The van der Waals surface area contributed by atoms with Gasteiger partial charge in [-0.3, -0.25) is 14.4 Å². The Balaban J connectivity index is 1.24. The Morgan fingerprint density at radius 1 is 0.923 bits per heavy atom. The first-order valence-corrected chi connectivity index (χ1v) is 20.4. The van der Waals surface area contributed by atoms with Crippen molar-refractivity contribution in [3.8, 4) is 0 Å². The van der Waals surface area contributed by atoms with Crippen molar-refractivity contribution >= 4 is 17.7 Å². The second kappa shape index (κ2) is 13.7. The van der Waals surface area contributed by atoms with Crippen molar-refractivity contribution in [2.45, 2.75) is 145 Å². The largest absolute Gasteiger partial charge is 0.481 e. The summed E-state index contributed by atoms with van der Waals surface area (Å²) < 4.78 is 6.17. The number of rotatable bonds is 11. The zero-order valence-electron chi connectivity index (χ0n) is 33.6. The summed E-state index contributed by atoms with van der Waals surface area (Å²) in [4.78, 5) is 38.8. The summed E-state index contributed by atoms with van der Waals surface area (Å²) in [5.74, 6) is 0.126. The van der Waals surface area contributed by atoms with Crippen LogP contribution in [0.25, 0.3) is 0 Å². The number of carboxylic acids is 1. The van der Waals surface area contributed by atoms with E-state index in [2.05, 4.69) is 78.0 Å². The Morgan fingerprint density at radius 3 is 2.27 bits per heavy atom. The summed E-state index contributed by atoms with van der Waals surface area (Å²) in [5.41, 5.74) is 1.85. The summed E-state index contributed by atoms with van der Waals surface area (Å²) in [5, 5.41) is 25.3. The van der Waals surface area contributed by atoms with Gasteiger partial charge in [-0.05, 0) is 129 Å². The van der Waals surface area contributed by atoms with E-state index in [0.717, 1.165) is 69.9 Å². The lowest BCUT2D eigenvalue weighted by Crippen LogP contribution is -2.66. The fourth-order valence-electron chi connectivity index (χ4n) is 13.2. The molecule has 288 valence electrons. The molecule has 7 nitrogen and oxygen atoms in total. The Kier molecular flexibility index (Phi) is 10.3. The monoisotopic (exact) mass is 717 g/mol. The maximum atomic E-state index is 14.0. The zero-order chi connectivity index (χ0) is 38.1. The summed E-state index contributed by atoms with van der Waals surface area (Å²) in [6.45, 7) is 21.0. The third-order valence-corrected chi connectivity index (χ3v) is 16.3. The van der Waals surface area contributed by atoms with Gasteiger partial charge in [-0.2, -0.15) is 0 Å². The van der Waals surface area contributed by atoms with E-state index in [0.29, 0.717) is 24.8 Å². The molecule has 0 heterocycles. The van der Waals surface area contributed by atoms with E-state index in [4.69, 9.17) is 4.74 Å². The summed E-state index contributed by atoms with van der Waals surface area (Å²) in [6, 6.07) is 10.4. The van der Waals surface area contributed by atoms with Crippen molar-refractivity contribution in [3.05, 3.63) is 47.0 Å². The minimum absolute atomic E-state index is 0.00379. The molecule has 0 spiro atoms. The fraction of sp³-hybridized carbons (Fsp3) is 0.756. The van der Waals surface area contributed by atoms with Crippen LogP contribution in [0.1, 0.15) is 132 Å². The number of esters is 1. The molecule has 6 rings (SSSR count). The van der Waals surface area contributed by atoms with E-state index in [1.165, 1.54) is 11.1 Å². The molecular weight excluding hydrogens is 650 g/mol. The van der Waals surface area contributed by atoms with Gasteiger partial charge in [0.15, 0.2) is 5.78 Å². The number of aliphatic hydroxyl groups excluding tert-OH is 1. The highest BCUT2D eigenvalue weighted by Gasteiger charge is 2.70. The molecule has 7 heteroatoms. The number of ketones is 1. The summed E-state index contributed by atoms with van der Waals surface area (Å²) >= 11 is 0. The number of carbonyl (C=O) groups excluding carboxylic acids is 2. The lowest BCUT2D eigenvalue weighted by Gasteiger charge is -2.72. The van der Waals surface area contributed by atoms with Gasteiger partial charge in [-0.1, -0.05) is 84.4 Å². The minimum Gasteiger partial charge on any atom is -0.481 e. The quantitative estimate of drug-likeness (QED) is 0.155. The molecule has 3 N–H and O–H groups in total. The van der Waals surface area contributed by atoms with Gasteiger partial charge in [0.2, 0.25) is 0 Å². The fourth-order valence-corrected chi connectivity index (χ4v) is 13.2. The first-order valence-electron chi connectivity index (χ1n) is 20.4. The number of nitrogens with one attached hydrogen (secondary N) is 1. The van der Waals surface area contributed by atoms with E-state index in [1.807, 2.05) is 6.07 Å². The highest BCUT2D eigenvalue weighted by Crippen LogP contribution is 2.77. The number of ether oxygens (including phenoxy) is 1.